The molecule has 6 nitrogen and oxygen atoms in total. The van der Waals surface area contributed by atoms with Crippen LogP contribution in [0.3, 0.4) is 0 Å². The molecule has 10 heteroatoms. The van der Waals surface area contributed by atoms with E-state index in [-0.39, 0.29) is 27.5 Å². The van der Waals surface area contributed by atoms with Crippen molar-refractivity contribution in [1.29, 1.82) is 0 Å². The monoisotopic (exact) mass is 432 g/mol. The number of H-pyrrole nitrogens is 2. The van der Waals surface area contributed by atoms with Gasteiger partial charge in [0.15, 0.2) is 16.8 Å². The first kappa shape index (κ1) is 18.9. The molecule has 5 rings (SSSR count). The number of carbonyl (C=O) groups excluding carboxylic acids is 1. The molecule has 0 unspecified atom stereocenters. The minimum atomic E-state index is -1.11. The lowest BCUT2D eigenvalue weighted by Crippen LogP contribution is -2.42. The van der Waals surface area contributed by atoms with Gasteiger partial charge in [0.05, 0.1) is 21.6 Å². The Kier molecular flexibility index (Phi) is 4.23. The van der Waals surface area contributed by atoms with Gasteiger partial charge in [0.1, 0.15) is 5.69 Å². The first-order valence-corrected chi connectivity index (χ1v) is 9.95. The lowest BCUT2D eigenvalue weighted by atomic mass is 9.93. The topological polar surface area (TPSA) is 81.0 Å². The van der Waals surface area contributed by atoms with Crippen molar-refractivity contribution in [2.75, 3.05) is 13.6 Å². The second kappa shape index (κ2) is 6.71. The number of hydrogen-bond donors (Lipinski definition) is 3. The summed E-state index contributed by atoms with van der Waals surface area (Å²) < 4.78 is 41.7. The fraction of sp³-hybridized carbons (Fsp3) is 0.200. The standard InChI is InChI=1S/C20H15F3N4O2S/c1-27(20(29)13-4-16-12(25-13)5-17(23)30-16)15-7-24-6-14-18(15)8-2-10(21)11(22)3-9(8)19(28)26-14/h2-5,15,24-25H,6-7H2,1H3,(H,26,28)/t15-/m1/s1. The summed E-state index contributed by atoms with van der Waals surface area (Å²) in [5.41, 5.74) is 1.38. The number of rotatable bonds is 2. The maximum Gasteiger partial charge on any atom is 0.270 e. The SMILES string of the molecule is CN(C(=O)c1cc2sc(F)cc2[nH]1)[C@@H]1CNCc2[nH]c(=O)c3cc(F)c(F)cc3c21. The van der Waals surface area contributed by atoms with E-state index < -0.39 is 23.2 Å². The van der Waals surface area contributed by atoms with E-state index in [1.807, 2.05) is 0 Å². The van der Waals surface area contributed by atoms with Crippen LogP contribution in [-0.2, 0) is 6.54 Å². The van der Waals surface area contributed by atoms with E-state index in [4.69, 9.17) is 0 Å². The Morgan fingerprint density at radius 2 is 1.83 bits per heavy atom. The molecular formula is C20H15F3N4O2S. The van der Waals surface area contributed by atoms with Crippen LogP contribution in [-0.4, -0.2) is 34.4 Å². The van der Waals surface area contributed by atoms with Crippen LogP contribution in [0.4, 0.5) is 13.2 Å². The third kappa shape index (κ3) is 2.83. The van der Waals surface area contributed by atoms with Crippen molar-refractivity contribution < 1.29 is 18.0 Å². The molecule has 1 aliphatic heterocycles. The number of aromatic nitrogens is 2. The normalized spacial score (nSPS) is 16.2. The Morgan fingerprint density at radius 1 is 1.10 bits per heavy atom. The summed E-state index contributed by atoms with van der Waals surface area (Å²) in [5, 5.41) is 3.08. The molecule has 0 bridgehead atoms. The molecule has 3 N–H and O–H groups in total. The number of nitrogens with one attached hydrogen (secondary N) is 3. The van der Waals surface area contributed by atoms with Crippen molar-refractivity contribution in [3.8, 4) is 0 Å². The van der Waals surface area contributed by atoms with Crippen LogP contribution in [0.1, 0.15) is 27.8 Å². The quantitative estimate of drug-likeness (QED) is 0.454. The van der Waals surface area contributed by atoms with Crippen LogP contribution < -0.4 is 10.9 Å². The van der Waals surface area contributed by atoms with Gasteiger partial charge in [-0.1, -0.05) is 0 Å². The molecule has 0 fully saturated rings. The molecule has 1 amide bonds. The number of nitrogens with zero attached hydrogens (tertiary/aromatic N) is 1. The number of likely N-dealkylation sites (N-methyl/N-ethyl adjacent to an activating group) is 1. The minimum absolute atomic E-state index is 0.0243. The van der Waals surface area contributed by atoms with Gasteiger partial charge in [-0.15, -0.1) is 11.3 Å². The molecule has 0 spiro atoms. The Bertz CT molecular complexity index is 1360. The summed E-state index contributed by atoms with van der Waals surface area (Å²) >= 11 is 0.935. The van der Waals surface area contributed by atoms with Gasteiger partial charge >= 0.3 is 0 Å². The third-order valence-electron chi connectivity index (χ3n) is 5.45. The van der Waals surface area contributed by atoms with E-state index >= 15 is 0 Å². The first-order chi connectivity index (χ1) is 14.3. The molecule has 0 aliphatic carbocycles. The molecule has 1 atom stereocenters. The summed E-state index contributed by atoms with van der Waals surface area (Å²) in [6.07, 6.45) is 0. The van der Waals surface area contributed by atoms with E-state index in [0.717, 1.165) is 23.5 Å². The molecular weight excluding hydrogens is 417 g/mol. The maximum atomic E-state index is 14.0. The number of hydrogen-bond acceptors (Lipinski definition) is 4. The van der Waals surface area contributed by atoms with Crippen molar-refractivity contribution in [2.24, 2.45) is 0 Å². The number of pyridine rings is 1. The highest BCUT2D eigenvalue weighted by Gasteiger charge is 2.31. The van der Waals surface area contributed by atoms with E-state index in [9.17, 15) is 22.8 Å². The molecule has 1 aliphatic rings. The molecule has 30 heavy (non-hydrogen) atoms. The van der Waals surface area contributed by atoms with Crippen LogP contribution in [0.2, 0.25) is 0 Å². The van der Waals surface area contributed by atoms with Crippen LogP contribution in [0.25, 0.3) is 21.0 Å². The van der Waals surface area contributed by atoms with E-state index in [1.165, 1.54) is 11.0 Å². The highest BCUT2D eigenvalue weighted by molar-refractivity contribution is 7.17. The molecule has 154 valence electrons. The Labute approximate surface area is 171 Å². The van der Waals surface area contributed by atoms with E-state index in [2.05, 4.69) is 15.3 Å². The van der Waals surface area contributed by atoms with Gasteiger partial charge in [0.2, 0.25) is 0 Å². The fourth-order valence-corrected chi connectivity index (χ4v) is 4.80. The molecule has 0 radical (unpaired) electrons. The second-order valence-corrected chi connectivity index (χ2v) is 8.27. The van der Waals surface area contributed by atoms with E-state index in [0.29, 0.717) is 34.6 Å². The first-order valence-electron chi connectivity index (χ1n) is 9.13. The molecule has 0 saturated heterocycles. The average molecular weight is 432 g/mol. The van der Waals surface area contributed by atoms with Crippen molar-refractivity contribution in [1.82, 2.24) is 20.2 Å². The predicted molar refractivity (Wildman–Crippen MR) is 107 cm³/mol. The molecule has 1 aromatic carbocycles. The number of carbonyl (C=O) groups is 1. The summed E-state index contributed by atoms with van der Waals surface area (Å²) in [6.45, 7) is 0.689. The highest BCUT2D eigenvalue weighted by atomic mass is 32.1. The summed E-state index contributed by atoms with van der Waals surface area (Å²) in [4.78, 5) is 32.6. The van der Waals surface area contributed by atoms with Gasteiger partial charge in [0, 0.05) is 37.5 Å². The smallest absolute Gasteiger partial charge is 0.270 e. The highest BCUT2D eigenvalue weighted by Crippen LogP contribution is 2.33. The van der Waals surface area contributed by atoms with Gasteiger partial charge in [-0.05, 0) is 23.6 Å². The van der Waals surface area contributed by atoms with Crippen molar-refractivity contribution >= 4 is 38.2 Å². The van der Waals surface area contributed by atoms with Gasteiger partial charge in [-0.3, -0.25) is 9.59 Å². The fourth-order valence-electron chi connectivity index (χ4n) is 4.02. The van der Waals surface area contributed by atoms with Gasteiger partial charge in [-0.2, -0.15) is 4.39 Å². The number of fused-ring (bicyclic) bond motifs is 4. The number of benzene rings is 1. The Balaban J connectivity index is 1.61. The number of thiophene rings is 1. The zero-order valence-electron chi connectivity index (χ0n) is 15.6. The molecule has 3 aromatic heterocycles. The lowest BCUT2D eigenvalue weighted by molar-refractivity contribution is 0.0718. The molecule has 4 aromatic rings. The van der Waals surface area contributed by atoms with Crippen molar-refractivity contribution in [3.63, 3.8) is 0 Å². The van der Waals surface area contributed by atoms with Crippen LogP contribution >= 0.6 is 11.3 Å². The third-order valence-corrected chi connectivity index (χ3v) is 6.32. The number of halogens is 3. The zero-order chi connectivity index (χ0) is 21.2. The largest absolute Gasteiger partial charge is 0.350 e. The zero-order valence-corrected chi connectivity index (χ0v) is 16.4. The van der Waals surface area contributed by atoms with Gasteiger partial charge in [0.25, 0.3) is 11.5 Å². The summed E-state index contributed by atoms with van der Waals surface area (Å²) in [6, 6.07) is 4.24. The lowest BCUT2D eigenvalue weighted by Gasteiger charge is -2.34. The number of amides is 1. The predicted octanol–water partition coefficient (Wildman–Crippen LogP) is 3.40. The van der Waals surface area contributed by atoms with Crippen molar-refractivity contribution in [3.05, 3.63) is 68.3 Å². The van der Waals surface area contributed by atoms with Gasteiger partial charge < -0.3 is 20.2 Å². The van der Waals surface area contributed by atoms with Crippen molar-refractivity contribution in [2.45, 2.75) is 12.6 Å². The number of aromatic amines is 2. The minimum Gasteiger partial charge on any atom is -0.350 e. The Morgan fingerprint density at radius 3 is 2.57 bits per heavy atom. The van der Waals surface area contributed by atoms with Crippen LogP contribution in [0, 0.1) is 16.8 Å². The summed E-state index contributed by atoms with van der Waals surface area (Å²) in [7, 11) is 1.59. The van der Waals surface area contributed by atoms with E-state index in [1.54, 1.807) is 13.1 Å². The second-order valence-electron chi connectivity index (χ2n) is 7.23. The summed E-state index contributed by atoms with van der Waals surface area (Å²) in [5.74, 6) is -2.52. The molecule has 4 heterocycles. The Hall–Kier alpha value is -3.11. The average Bonchev–Trinajstić information content (AvgIpc) is 3.25. The molecule has 0 saturated carbocycles. The van der Waals surface area contributed by atoms with Crippen LogP contribution in [0.5, 0.6) is 0 Å². The maximum absolute atomic E-state index is 14.0. The van der Waals surface area contributed by atoms with Crippen LogP contribution in [0.15, 0.2) is 29.1 Å². The van der Waals surface area contributed by atoms with Gasteiger partial charge in [-0.25, -0.2) is 8.78 Å².